The summed E-state index contributed by atoms with van der Waals surface area (Å²) in [4.78, 5) is 30.1. The van der Waals surface area contributed by atoms with Gasteiger partial charge in [0.1, 0.15) is 11.7 Å². The van der Waals surface area contributed by atoms with Gasteiger partial charge in [-0.3, -0.25) is 4.79 Å². The SMILES string of the molecule is CCOC(=O)C1CNCCN1C(=O)c1ncccc1Br. The largest absolute Gasteiger partial charge is 0.464 e. The Hall–Kier alpha value is -1.47. The second-order valence-electron chi connectivity index (χ2n) is 4.30. The Morgan fingerprint density at radius 3 is 3.10 bits per heavy atom. The highest BCUT2D eigenvalue weighted by atomic mass is 79.9. The van der Waals surface area contributed by atoms with E-state index in [1.807, 2.05) is 0 Å². The summed E-state index contributed by atoms with van der Waals surface area (Å²) < 4.78 is 5.64. The van der Waals surface area contributed by atoms with Gasteiger partial charge in [-0.25, -0.2) is 9.78 Å². The van der Waals surface area contributed by atoms with Gasteiger partial charge in [0.05, 0.1) is 6.61 Å². The molecule has 108 valence electrons. The number of esters is 1. The van der Waals surface area contributed by atoms with Gasteiger partial charge in [-0.05, 0) is 35.0 Å². The Balaban J connectivity index is 2.22. The summed E-state index contributed by atoms with van der Waals surface area (Å²) in [5.41, 5.74) is 0.309. The lowest BCUT2D eigenvalue weighted by Crippen LogP contribution is -2.57. The lowest BCUT2D eigenvalue weighted by Gasteiger charge is -2.34. The van der Waals surface area contributed by atoms with Gasteiger partial charge in [0, 0.05) is 30.3 Å². The fraction of sp³-hybridized carbons (Fsp3) is 0.462. The number of ether oxygens (including phenoxy) is 1. The van der Waals surface area contributed by atoms with Crippen molar-refractivity contribution in [3.63, 3.8) is 0 Å². The van der Waals surface area contributed by atoms with Crippen LogP contribution in [0.2, 0.25) is 0 Å². The average molecular weight is 342 g/mol. The molecular formula is C13H16BrN3O3. The normalized spacial score (nSPS) is 18.7. The van der Waals surface area contributed by atoms with E-state index in [0.717, 1.165) is 0 Å². The highest BCUT2D eigenvalue weighted by Crippen LogP contribution is 2.18. The number of nitrogens with zero attached hydrogens (tertiary/aromatic N) is 2. The maximum absolute atomic E-state index is 12.5. The number of halogens is 1. The highest BCUT2D eigenvalue weighted by Gasteiger charge is 2.34. The monoisotopic (exact) mass is 341 g/mol. The Bertz CT molecular complexity index is 509. The van der Waals surface area contributed by atoms with Crippen LogP contribution in [0.1, 0.15) is 17.4 Å². The quantitative estimate of drug-likeness (QED) is 0.824. The third kappa shape index (κ3) is 3.16. The molecule has 0 aromatic carbocycles. The molecule has 1 atom stereocenters. The first-order valence-corrected chi connectivity index (χ1v) is 7.23. The molecule has 1 fully saturated rings. The minimum atomic E-state index is -0.606. The zero-order valence-corrected chi connectivity index (χ0v) is 12.7. The van der Waals surface area contributed by atoms with Crippen LogP contribution in [0.15, 0.2) is 22.8 Å². The van der Waals surface area contributed by atoms with E-state index in [4.69, 9.17) is 4.74 Å². The highest BCUT2D eigenvalue weighted by molar-refractivity contribution is 9.10. The fourth-order valence-electron chi connectivity index (χ4n) is 2.08. The molecule has 1 unspecified atom stereocenters. The van der Waals surface area contributed by atoms with E-state index in [-0.39, 0.29) is 11.9 Å². The number of hydrogen-bond acceptors (Lipinski definition) is 5. The van der Waals surface area contributed by atoms with Crippen molar-refractivity contribution in [2.24, 2.45) is 0 Å². The Morgan fingerprint density at radius 2 is 2.40 bits per heavy atom. The van der Waals surface area contributed by atoms with Gasteiger partial charge in [0.25, 0.3) is 5.91 Å². The topological polar surface area (TPSA) is 71.5 Å². The van der Waals surface area contributed by atoms with Gasteiger partial charge in [-0.15, -0.1) is 0 Å². The minimum Gasteiger partial charge on any atom is -0.464 e. The summed E-state index contributed by atoms with van der Waals surface area (Å²) >= 11 is 3.31. The van der Waals surface area contributed by atoms with E-state index in [1.54, 1.807) is 25.3 Å². The standard InChI is InChI=1S/C13H16BrN3O3/c1-2-20-13(19)10-8-15-6-7-17(10)12(18)11-9(14)4-3-5-16-11/h3-5,10,15H,2,6-8H2,1H3. The number of amides is 1. The van der Waals surface area contributed by atoms with Gasteiger partial charge in [0.15, 0.2) is 0 Å². The molecule has 1 saturated heterocycles. The van der Waals surface area contributed by atoms with E-state index < -0.39 is 6.04 Å². The second-order valence-corrected chi connectivity index (χ2v) is 5.16. The number of hydrogen-bond donors (Lipinski definition) is 1. The maximum atomic E-state index is 12.5. The van der Waals surface area contributed by atoms with Crippen LogP contribution >= 0.6 is 15.9 Å². The van der Waals surface area contributed by atoms with Gasteiger partial charge >= 0.3 is 5.97 Å². The van der Waals surface area contributed by atoms with Crippen LogP contribution in [0.5, 0.6) is 0 Å². The van der Waals surface area contributed by atoms with Gasteiger partial charge in [0.2, 0.25) is 0 Å². The molecule has 1 aromatic rings. The van der Waals surface area contributed by atoms with Crippen molar-refractivity contribution in [3.05, 3.63) is 28.5 Å². The van der Waals surface area contributed by atoms with Crippen LogP contribution in [0.25, 0.3) is 0 Å². The number of carbonyl (C=O) groups excluding carboxylic acids is 2. The van der Waals surface area contributed by atoms with Crippen LogP contribution in [0, 0.1) is 0 Å². The first-order valence-electron chi connectivity index (χ1n) is 6.44. The number of aromatic nitrogens is 1. The van der Waals surface area contributed by atoms with Gasteiger partial charge in [-0.1, -0.05) is 0 Å². The van der Waals surface area contributed by atoms with E-state index in [1.165, 1.54) is 4.90 Å². The Labute approximate surface area is 125 Å². The molecular weight excluding hydrogens is 326 g/mol. The number of piperazine rings is 1. The maximum Gasteiger partial charge on any atom is 0.330 e. The smallest absolute Gasteiger partial charge is 0.330 e. The van der Waals surface area contributed by atoms with E-state index in [9.17, 15) is 9.59 Å². The first kappa shape index (κ1) is 14.9. The lowest BCUT2D eigenvalue weighted by atomic mass is 10.1. The predicted molar refractivity (Wildman–Crippen MR) is 76.3 cm³/mol. The molecule has 1 aliphatic rings. The second kappa shape index (κ2) is 6.81. The molecule has 2 heterocycles. The average Bonchev–Trinajstić information content (AvgIpc) is 2.47. The molecule has 7 heteroatoms. The lowest BCUT2D eigenvalue weighted by molar-refractivity contribution is -0.149. The third-order valence-electron chi connectivity index (χ3n) is 3.02. The zero-order valence-electron chi connectivity index (χ0n) is 11.1. The summed E-state index contributed by atoms with van der Waals surface area (Å²) in [7, 11) is 0. The fourth-order valence-corrected chi connectivity index (χ4v) is 2.50. The van der Waals surface area contributed by atoms with E-state index in [0.29, 0.717) is 36.4 Å². The number of rotatable bonds is 3. The van der Waals surface area contributed by atoms with Gasteiger partial charge in [-0.2, -0.15) is 0 Å². The molecule has 0 radical (unpaired) electrons. The zero-order chi connectivity index (χ0) is 14.5. The van der Waals surface area contributed by atoms with Crippen molar-refractivity contribution in [1.29, 1.82) is 0 Å². The van der Waals surface area contributed by atoms with Crippen molar-refractivity contribution in [1.82, 2.24) is 15.2 Å². The van der Waals surface area contributed by atoms with E-state index in [2.05, 4.69) is 26.2 Å². The summed E-state index contributed by atoms with van der Waals surface area (Å²) in [5.74, 6) is -0.655. The Kier molecular flexibility index (Phi) is 5.08. The van der Waals surface area contributed by atoms with Crippen molar-refractivity contribution in [2.45, 2.75) is 13.0 Å². The van der Waals surface area contributed by atoms with Crippen molar-refractivity contribution in [3.8, 4) is 0 Å². The third-order valence-corrected chi connectivity index (χ3v) is 3.66. The van der Waals surface area contributed by atoms with E-state index >= 15 is 0 Å². The molecule has 1 amide bonds. The van der Waals surface area contributed by atoms with Crippen LogP contribution in [-0.2, 0) is 9.53 Å². The molecule has 20 heavy (non-hydrogen) atoms. The molecule has 0 bridgehead atoms. The number of carbonyl (C=O) groups is 2. The van der Waals surface area contributed by atoms with Crippen molar-refractivity contribution < 1.29 is 14.3 Å². The summed E-state index contributed by atoms with van der Waals surface area (Å²) in [6, 6.07) is 2.88. The van der Waals surface area contributed by atoms with Crippen molar-refractivity contribution in [2.75, 3.05) is 26.2 Å². The molecule has 2 rings (SSSR count). The van der Waals surface area contributed by atoms with Crippen molar-refractivity contribution >= 4 is 27.8 Å². The van der Waals surface area contributed by atoms with Gasteiger partial charge < -0.3 is 15.0 Å². The van der Waals surface area contributed by atoms with Crippen LogP contribution in [0.3, 0.4) is 0 Å². The predicted octanol–water partition coefficient (Wildman–Crippen LogP) is 0.821. The number of nitrogens with one attached hydrogen (secondary N) is 1. The molecule has 1 aromatic heterocycles. The first-order chi connectivity index (χ1) is 9.65. The molecule has 0 saturated carbocycles. The Morgan fingerprint density at radius 1 is 1.60 bits per heavy atom. The van der Waals surface area contributed by atoms with Crippen LogP contribution < -0.4 is 5.32 Å². The van der Waals surface area contributed by atoms with Crippen LogP contribution in [-0.4, -0.2) is 54.0 Å². The summed E-state index contributed by atoms with van der Waals surface area (Å²) in [6.07, 6.45) is 1.56. The molecule has 0 aliphatic carbocycles. The van der Waals surface area contributed by atoms with Crippen LogP contribution in [0.4, 0.5) is 0 Å². The summed E-state index contributed by atoms with van der Waals surface area (Å²) in [6.45, 7) is 3.53. The molecule has 1 N–H and O–H groups in total. The molecule has 6 nitrogen and oxygen atoms in total. The molecule has 0 spiro atoms. The minimum absolute atomic E-state index is 0.267. The molecule has 1 aliphatic heterocycles. The summed E-state index contributed by atoms with van der Waals surface area (Å²) in [5, 5.41) is 3.10. The number of pyridine rings is 1.